The van der Waals surface area contributed by atoms with Crippen LogP contribution in [0.3, 0.4) is 0 Å². The minimum Gasteiger partial charge on any atom is -0.497 e. The number of halogens is 1. The van der Waals surface area contributed by atoms with Crippen LogP contribution in [0.25, 0.3) is 0 Å². The molecule has 4 nitrogen and oxygen atoms in total. The van der Waals surface area contributed by atoms with Crippen LogP contribution in [0, 0.1) is 5.92 Å². The van der Waals surface area contributed by atoms with E-state index in [2.05, 4.69) is 5.32 Å². The Labute approximate surface area is 126 Å². The van der Waals surface area contributed by atoms with Crippen LogP contribution in [0.1, 0.15) is 37.3 Å². The molecule has 1 aromatic carbocycles. The Balaban J connectivity index is 0.00000200. The summed E-state index contributed by atoms with van der Waals surface area (Å²) in [6, 6.07) is 8.08. The number of nitrogens with two attached hydrogens (primary N) is 1. The van der Waals surface area contributed by atoms with Crippen molar-refractivity contribution in [2.24, 2.45) is 11.7 Å². The fourth-order valence-electron chi connectivity index (χ4n) is 2.22. The molecule has 112 valence electrons. The second kappa shape index (κ2) is 8.12. The van der Waals surface area contributed by atoms with Crippen LogP contribution in [0.5, 0.6) is 5.75 Å². The van der Waals surface area contributed by atoms with E-state index in [-0.39, 0.29) is 24.4 Å². The first-order chi connectivity index (χ1) is 9.24. The van der Waals surface area contributed by atoms with Crippen LogP contribution in [-0.4, -0.2) is 19.6 Å². The molecule has 0 bridgehead atoms. The van der Waals surface area contributed by atoms with Crippen LogP contribution >= 0.6 is 12.4 Å². The largest absolute Gasteiger partial charge is 0.497 e. The number of benzene rings is 1. The lowest BCUT2D eigenvalue weighted by atomic mass is 10.0. The molecular weight excluding hydrogens is 276 g/mol. The van der Waals surface area contributed by atoms with Crippen molar-refractivity contribution in [2.45, 2.75) is 31.7 Å². The Kier molecular flexibility index (Phi) is 6.82. The smallest absolute Gasteiger partial charge is 0.220 e. The average molecular weight is 299 g/mol. The van der Waals surface area contributed by atoms with Gasteiger partial charge >= 0.3 is 0 Å². The van der Waals surface area contributed by atoms with Gasteiger partial charge in [-0.2, -0.15) is 0 Å². The van der Waals surface area contributed by atoms with Gasteiger partial charge in [0.25, 0.3) is 0 Å². The van der Waals surface area contributed by atoms with Crippen molar-refractivity contribution < 1.29 is 9.53 Å². The Bertz CT molecular complexity index is 418. The molecule has 1 aliphatic rings. The molecule has 0 aromatic heterocycles. The fourth-order valence-corrected chi connectivity index (χ4v) is 2.22. The molecule has 1 aliphatic carbocycles. The third kappa shape index (κ3) is 4.69. The Hall–Kier alpha value is -1.26. The molecule has 0 spiro atoms. The Morgan fingerprint density at radius 3 is 2.55 bits per heavy atom. The van der Waals surface area contributed by atoms with Gasteiger partial charge in [-0.1, -0.05) is 12.1 Å². The summed E-state index contributed by atoms with van der Waals surface area (Å²) in [5.74, 6) is 1.51. The maximum absolute atomic E-state index is 11.8. The minimum atomic E-state index is 0. The zero-order valence-corrected chi connectivity index (χ0v) is 12.6. The Morgan fingerprint density at radius 2 is 2.05 bits per heavy atom. The highest BCUT2D eigenvalue weighted by molar-refractivity contribution is 5.85. The van der Waals surface area contributed by atoms with E-state index in [1.54, 1.807) is 7.11 Å². The first-order valence-corrected chi connectivity index (χ1v) is 6.88. The topological polar surface area (TPSA) is 64.3 Å². The fraction of sp³-hybridized carbons (Fsp3) is 0.533. The molecule has 1 unspecified atom stereocenters. The molecular formula is C15H23ClN2O2. The summed E-state index contributed by atoms with van der Waals surface area (Å²) in [5, 5.41) is 3.13. The third-order valence-electron chi connectivity index (χ3n) is 3.49. The molecule has 1 amide bonds. The summed E-state index contributed by atoms with van der Waals surface area (Å²) in [4.78, 5) is 11.8. The molecule has 1 atom stereocenters. The van der Waals surface area contributed by atoms with E-state index in [9.17, 15) is 4.79 Å². The normalized spacial score (nSPS) is 15.1. The molecule has 0 radical (unpaired) electrons. The lowest BCUT2D eigenvalue weighted by Crippen LogP contribution is -2.30. The number of ether oxygens (including phenoxy) is 1. The summed E-state index contributed by atoms with van der Waals surface area (Å²) in [5.41, 5.74) is 6.59. The van der Waals surface area contributed by atoms with Gasteiger partial charge in [0.05, 0.1) is 13.2 Å². The highest BCUT2D eigenvalue weighted by Crippen LogP contribution is 2.41. The van der Waals surface area contributed by atoms with E-state index in [1.165, 1.54) is 12.8 Å². The lowest BCUT2D eigenvalue weighted by molar-refractivity contribution is -0.122. The van der Waals surface area contributed by atoms with Crippen molar-refractivity contribution in [1.29, 1.82) is 0 Å². The number of hydrogen-bond donors (Lipinski definition) is 2. The molecule has 2 rings (SSSR count). The first-order valence-electron chi connectivity index (χ1n) is 6.88. The van der Waals surface area contributed by atoms with Gasteiger partial charge < -0.3 is 15.8 Å². The van der Waals surface area contributed by atoms with Crippen LogP contribution in [-0.2, 0) is 4.79 Å². The highest BCUT2D eigenvalue weighted by Gasteiger charge is 2.33. The maximum atomic E-state index is 11.8. The number of methoxy groups -OCH3 is 1. The SMILES string of the molecule is COc1ccc(C(NC(=O)CCCN)C2CC2)cc1.Cl. The number of amides is 1. The molecule has 20 heavy (non-hydrogen) atoms. The molecule has 0 aliphatic heterocycles. The second-order valence-corrected chi connectivity index (χ2v) is 5.05. The van der Waals surface area contributed by atoms with Crippen LogP contribution in [0.4, 0.5) is 0 Å². The van der Waals surface area contributed by atoms with Crippen molar-refractivity contribution in [3.8, 4) is 5.75 Å². The van der Waals surface area contributed by atoms with Gasteiger partial charge in [-0.15, -0.1) is 12.4 Å². The summed E-state index contributed by atoms with van der Waals surface area (Å²) in [7, 11) is 1.65. The average Bonchev–Trinajstić information content (AvgIpc) is 3.27. The standard InChI is InChI=1S/C15H22N2O2.ClH/c1-19-13-8-6-12(7-9-13)15(11-4-5-11)17-14(18)3-2-10-16;/h6-9,11,15H,2-5,10,16H2,1H3,(H,17,18);1H. The predicted octanol–water partition coefficient (Wildman–Crippen LogP) is 2.42. The van der Waals surface area contributed by atoms with E-state index >= 15 is 0 Å². The summed E-state index contributed by atoms with van der Waals surface area (Å²) in [6.45, 7) is 0.560. The van der Waals surface area contributed by atoms with Gasteiger partial charge in [-0.3, -0.25) is 4.79 Å². The zero-order valence-electron chi connectivity index (χ0n) is 11.8. The van der Waals surface area contributed by atoms with Gasteiger partial charge in [0, 0.05) is 6.42 Å². The number of hydrogen-bond acceptors (Lipinski definition) is 3. The zero-order chi connectivity index (χ0) is 13.7. The number of rotatable bonds is 7. The van der Waals surface area contributed by atoms with Crippen LogP contribution < -0.4 is 15.8 Å². The monoisotopic (exact) mass is 298 g/mol. The summed E-state index contributed by atoms with van der Waals surface area (Å²) >= 11 is 0. The van der Waals surface area contributed by atoms with E-state index < -0.39 is 0 Å². The van der Waals surface area contributed by atoms with E-state index in [0.29, 0.717) is 18.9 Å². The highest BCUT2D eigenvalue weighted by atomic mass is 35.5. The summed E-state index contributed by atoms with van der Waals surface area (Å²) < 4.78 is 5.16. The van der Waals surface area contributed by atoms with E-state index in [0.717, 1.165) is 17.7 Å². The number of carbonyl (C=O) groups excluding carboxylic acids is 1. The molecule has 3 N–H and O–H groups in total. The minimum absolute atomic E-state index is 0. The molecule has 0 saturated heterocycles. The number of carbonyl (C=O) groups is 1. The van der Waals surface area contributed by atoms with Crippen molar-refractivity contribution in [1.82, 2.24) is 5.32 Å². The third-order valence-corrected chi connectivity index (χ3v) is 3.49. The quantitative estimate of drug-likeness (QED) is 0.812. The van der Waals surface area contributed by atoms with Gasteiger partial charge in [0.15, 0.2) is 0 Å². The maximum Gasteiger partial charge on any atom is 0.220 e. The van der Waals surface area contributed by atoms with E-state index in [1.807, 2.05) is 24.3 Å². The van der Waals surface area contributed by atoms with Crippen molar-refractivity contribution in [2.75, 3.05) is 13.7 Å². The van der Waals surface area contributed by atoms with Gasteiger partial charge in [-0.25, -0.2) is 0 Å². The first kappa shape index (κ1) is 16.8. The second-order valence-electron chi connectivity index (χ2n) is 5.05. The summed E-state index contributed by atoms with van der Waals surface area (Å²) in [6.07, 6.45) is 3.63. The van der Waals surface area contributed by atoms with Crippen molar-refractivity contribution >= 4 is 18.3 Å². The van der Waals surface area contributed by atoms with Crippen LogP contribution in [0.2, 0.25) is 0 Å². The lowest BCUT2D eigenvalue weighted by Gasteiger charge is -2.19. The molecule has 1 fully saturated rings. The number of nitrogens with one attached hydrogen (secondary N) is 1. The van der Waals surface area contributed by atoms with Crippen molar-refractivity contribution in [3.63, 3.8) is 0 Å². The molecule has 1 aromatic rings. The molecule has 5 heteroatoms. The van der Waals surface area contributed by atoms with Gasteiger partial charge in [0.2, 0.25) is 5.91 Å². The van der Waals surface area contributed by atoms with Gasteiger partial charge in [0.1, 0.15) is 5.75 Å². The predicted molar refractivity (Wildman–Crippen MR) is 82.1 cm³/mol. The van der Waals surface area contributed by atoms with Crippen molar-refractivity contribution in [3.05, 3.63) is 29.8 Å². The molecule has 1 saturated carbocycles. The molecule has 0 heterocycles. The van der Waals surface area contributed by atoms with Gasteiger partial charge in [-0.05, 0) is 49.4 Å². The van der Waals surface area contributed by atoms with E-state index in [4.69, 9.17) is 10.5 Å². The Morgan fingerprint density at radius 1 is 1.40 bits per heavy atom. The van der Waals surface area contributed by atoms with Crippen LogP contribution in [0.15, 0.2) is 24.3 Å².